The topological polar surface area (TPSA) is 63.2 Å². The fourth-order valence-corrected chi connectivity index (χ4v) is 3.35. The molecule has 0 spiro atoms. The molecule has 0 fully saturated rings. The van der Waals surface area contributed by atoms with Gasteiger partial charge in [0.1, 0.15) is 0 Å². The molecule has 0 saturated carbocycles. The van der Waals surface area contributed by atoms with Crippen LogP contribution in [0.5, 0.6) is 0 Å². The summed E-state index contributed by atoms with van der Waals surface area (Å²) in [5.74, 6) is -0.320. The molecular weight excluding hydrogens is 274 g/mol. The molecule has 20 heavy (non-hydrogen) atoms. The molecule has 5 heteroatoms. The van der Waals surface area contributed by atoms with Crippen LogP contribution in [0.25, 0.3) is 6.08 Å². The average Bonchev–Trinajstić information content (AvgIpc) is 2.46. The zero-order valence-electron chi connectivity index (χ0n) is 10.4. The number of allylic oxidation sites excluding steroid dienone is 1. The summed E-state index contributed by atoms with van der Waals surface area (Å²) in [4.78, 5) is 12.3. The fraction of sp³-hybridized carbons (Fsp3) is 0. The van der Waals surface area contributed by atoms with Crippen LogP contribution >= 0.6 is 0 Å². The molecule has 0 unspecified atom stereocenters. The van der Waals surface area contributed by atoms with E-state index in [2.05, 4.69) is 4.72 Å². The van der Waals surface area contributed by atoms with Gasteiger partial charge in [0.2, 0.25) is 5.78 Å². The molecule has 0 amide bonds. The first kappa shape index (κ1) is 12.6. The lowest BCUT2D eigenvalue weighted by Crippen LogP contribution is -2.34. The fourth-order valence-electron chi connectivity index (χ4n) is 2.09. The van der Waals surface area contributed by atoms with Gasteiger partial charge >= 0.3 is 0 Å². The Morgan fingerprint density at radius 1 is 0.900 bits per heavy atom. The molecule has 100 valence electrons. The highest BCUT2D eigenvalue weighted by Gasteiger charge is 2.31. The molecule has 1 aliphatic heterocycles. The van der Waals surface area contributed by atoms with Crippen LogP contribution in [0.1, 0.15) is 15.9 Å². The summed E-state index contributed by atoms with van der Waals surface area (Å²) in [7, 11) is -3.68. The Kier molecular flexibility index (Phi) is 2.91. The lowest BCUT2D eigenvalue weighted by molar-refractivity contribution is 0.102. The van der Waals surface area contributed by atoms with Crippen LogP contribution in [0, 0.1) is 0 Å². The van der Waals surface area contributed by atoms with E-state index in [1.54, 1.807) is 24.3 Å². The summed E-state index contributed by atoms with van der Waals surface area (Å²) in [6.07, 6.45) is 1.54. The molecule has 3 rings (SSSR count). The van der Waals surface area contributed by atoms with Crippen molar-refractivity contribution in [3.63, 3.8) is 0 Å². The third-order valence-corrected chi connectivity index (χ3v) is 4.44. The van der Waals surface area contributed by atoms with E-state index in [4.69, 9.17) is 0 Å². The van der Waals surface area contributed by atoms with E-state index < -0.39 is 10.0 Å². The third kappa shape index (κ3) is 2.12. The minimum absolute atomic E-state index is 0.0233. The second-order valence-corrected chi connectivity index (χ2v) is 6.05. The van der Waals surface area contributed by atoms with Gasteiger partial charge in [0.25, 0.3) is 10.0 Å². The van der Waals surface area contributed by atoms with Crippen molar-refractivity contribution >= 4 is 21.9 Å². The standard InChI is InChI=1S/C15H11NO3S/c17-15-12-8-4-5-9-14(12)20(18,19)16-13(15)10-11-6-2-1-3-7-11/h1-10,16H/b13-10-. The smallest absolute Gasteiger partial charge is 0.262 e. The van der Waals surface area contributed by atoms with Crippen molar-refractivity contribution in [1.82, 2.24) is 4.72 Å². The van der Waals surface area contributed by atoms with Crippen molar-refractivity contribution in [1.29, 1.82) is 0 Å². The molecule has 4 nitrogen and oxygen atoms in total. The van der Waals surface area contributed by atoms with E-state index in [1.807, 2.05) is 18.2 Å². The number of ketones is 1. The summed E-state index contributed by atoms with van der Waals surface area (Å²) < 4.78 is 26.6. The summed E-state index contributed by atoms with van der Waals surface area (Å²) in [5.41, 5.74) is 1.03. The first-order valence-corrected chi connectivity index (χ1v) is 7.49. The predicted octanol–water partition coefficient (Wildman–Crippen LogP) is 2.20. The van der Waals surface area contributed by atoms with Crippen LogP contribution in [-0.4, -0.2) is 14.2 Å². The number of carbonyl (C=O) groups is 1. The van der Waals surface area contributed by atoms with Crippen molar-refractivity contribution in [2.75, 3.05) is 0 Å². The van der Waals surface area contributed by atoms with Crippen molar-refractivity contribution in [3.05, 3.63) is 71.4 Å². The molecule has 0 aromatic heterocycles. The minimum Gasteiger partial charge on any atom is -0.287 e. The second kappa shape index (κ2) is 4.61. The maximum Gasteiger partial charge on any atom is 0.262 e. The Balaban J connectivity index is 2.15. The highest BCUT2D eigenvalue weighted by Crippen LogP contribution is 2.25. The van der Waals surface area contributed by atoms with Crippen LogP contribution in [0.3, 0.4) is 0 Å². The molecule has 0 aliphatic carbocycles. The van der Waals surface area contributed by atoms with E-state index in [0.717, 1.165) is 5.56 Å². The summed E-state index contributed by atoms with van der Waals surface area (Å²) in [6, 6.07) is 15.3. The highest BCUT2D eigenvalue weighted by atomic mass is 32.2. The van der Waals surface area contributed by atoms with Gasteiger partial charge in [-0.25, -0.2) is 8.42 Å². The van der Waals surface area contributed by atoms with Crippen molar-refractivity contribution in [3.8, 4) is 0 Å². The lowest BCUT2D eigenvalue weighted by Gasteiger charge is -2.19. The number of Topliss-reactive ketones (excluding diaryl/α,β-unsaturated/α-hetero) is 1. The minimum atomic E-state index is -3.68. The Hall–Kier alpha value is -2.40. The normalized spacial score (nSPS) is 18.4. The number of carbonyl (C=O) groups excluding carboxylic acids is 1. The van der Waals surface area contributed by atoms with E-state index >= 15 is 0 Å². The van der Waals surface area contributed by atoms with Gasteiger partial charge in [0.05, 0.1) is 10.6 Å². The van der Waals surface area contributed by atoms with E-state index in [-0.39, 0.29) is 21.9 Å². The molecule has 1 heterocycles. The number of rotatable bonds is 1. The molecule has 2 aromatic carbocycles. The molecular formula is C15H11NO3S. The zero-order valence-corrected chi connectivity index (χ0v) is 11.2. The molecule has 1 aliphatic rings. The van der Waals surface area contributed by atoms with E-state index in [1.165, 1.54) is 18.2 Å². The largest absolute Gasteiger partial charge is 0.287 e. The summed E-state index contributed by atoms with van der Waals surface area (Å²) in [5, 5.41) is 0. The Labute approximate surface area is 116 Å². The second-order valence-electron chi connectivity index (χ2n) is 4.40. The SMILES string of the molecule is O=C1/C(=C/c2ccccc2)NS(=O)(=O)c2ccccc21. The molecule has 0 atom stereocenters. The molecule has 0 saturated heterocycles. The number of fused-ring (bicyclic) bond motifs is 1. The predicted molar refractivity (Wildman–Crippen MR) is 75.5 cm³/mol. The van der Waals surface area contributed by atoms with Gasteiger partial charge in [-0.2, -0.15) is 0 Å². The van der Waals surface area contributed by atoms with Gasteiger partial charge in [-0.3, -0.25) is 9.52 Å². The summed E-state index contributed by atoms with van der Waals surface area (Å²) >= 11 is 0. The maximum atomic E-state index is 12.3. The van der Waals surface area contributed by atoms with Crippen molar-refractivity contribution < 1.29 is 13.2 Å². The highest BCUT2D eigenvalue weighted by molar-refractivity contribution is 7.90. The average molecular weight is 285 g/mol. The van der Waals surface area contributed by atoms with Crippen molar-refractivity contribution in [2.24, 2.45) is 0 Å². The molecule has 0 radical (unpaired) electrons. The van der Waals surface area contributed by atoms with Crippen LogP contribution in [-0.2, 0) is 10.0 Å². The van der Waals surface area contributed by atoms with Gasteiger partial charge in [0, 0.05) is 5.56 Å². The third-order valence-electron chi connectivity index (χ3n) is 3.02. The van der Waals surface area contributed by atoms with E-state index in [9.17, 15) is 13.2 Å². The number of sulfonamides is 1. The lowest BCUT2D eigenvalue weighted by atomic mass is 10.1. The summed E-state index contributed by atoms with van der Waals surface area (Å²) in [6.45, 7) is 0. The molecule has 1 N–H and O–H groups in total. The number of benzene rings is 2. The van der Waals surface area contributed by atoms with Gasteiger partial charge < -0.3 is 0 Å². The Bertz CT molecular complexity index is 808. The Morgan fingerprint density at radius 3 is 2.30 bits per heavy atom. The van der Waals surface area contributed by atoms with Gasteiger partial charge in [-0.1, -0.05) is 42.5 Å². The monoisotopic (exact) mass is 285 g/mol. The first-order valence-electron chi connectivity index (χ1n) is 6.01. The van der Waals surface area contributed by atoms with Gasteiger partial charge in [-0.05, 0) is 23.8 Å². The van der Waals surface area contributed by atoms with Crippen LogP contribution in [0.15, 0.2) is 65.2 Å². The Morgan fingerprint density at radius 2 is 1.55 bits per heavy atom. The molecule has 2 aromatic rings. The van der Waals surface area contributed by atoms with Gasteiger partial charge in [-0.15, -0.1) is 0 Å². The maximum absolute atomic E-state index is 12.3. The number of hydrogen-bond acceptors (Lipinski definition) is 3. The van der Waals surface area contributed by atoms with Crippen LogP contribution in [0.4, 0.5) is 0 Å². The van der Waals surface area contributed by atoms with Crippen molar-refractivity contribution in [2.45, 2.75) is 4.90 Å². The number of nitrogens with one attached hydrogen (secondary N) is 1. The van der Waals surface area contributed by atoms with E-state index in [0.29, 0.717) is 0 Å². The molecule has 0 bridgehead atoms. The van der Waals surface area contributed by atoms with Crippen LogP contribution < -0.4 is 4.72 Å². The van der Waals surface area contributed by atoms with Crippen LogP contribution in [0.2, 0.25) is 0 Å². The zero-order chi connectivity index (χ0) is 14.2. The first-order chi connectivity index (χ1) is 9.58. The van der Waals surface area contributed by atoms with Gasteiger partial charge in [0.15, 0.2) is 0 Å². The number of hydrogen-bond donors (Lipinski definition) is 1. The quantitative estimate of drug-likeness (QED) is 0.817.